The van der Waals surface area contributed by atoms with Crippen LogP contribution in [0.1, 0.15) is 219 Å². The summed E-state index contributed by atoms with van der Waals surface area (Å²) in [6.07, 6.45) is 23.0. The fourth-order valence-electron chi connectivity index (χ4n) is 10.7. The maximum Gasteiger partial charge on any atom is 0.220 e. The topological polar surface area (TPSA) is 307 Å². The van der Waals surface area contributed by atoms with Gasteiger partial charge in [0.15, 0.2) is 18.9 Å². The highest BCUT2D eigenvalue weighted by atomic mass is 16.8. The molecule has 0 bridgehead atoms. The number of carbonyl (C=O) groups is 1. The molecule has 19 nitrogen and oxygen atoms in total. The summed E-state index contributed by atoms with van der Waals surface area (Å²) in [4.78, 5) is 13.3. The lowest BCUT2D eigenvalue weighted by molar-refractivity contribution is -0.379. The Morgan fingerprint density at radius 3 is 1.28 bits per heavy atom. The third-order valence-electron chi connectivity index (χ3n) is 15.9. The smallest absolute Gasteiger partial charge is 0.220 e. The zero-order chi connectivity index (χ0) is 59.0. The number of nitrogens with one attached hydrogen (secondary N) is 1. The van der Waals surface area contributed by atoms with Crippen molar-refractivity contribution in [3.05, 3.63) is 36.5 Å². The van der Waals surface area contributed by atoms with Gasteiger partial charge in [0.05, 0.1) is 38.6 Å². The van der Waals surface area contributed by atoms with E-state index in [1.54, 1.807) is 6.08 Å². The molecule has 1 amide bonds. The highest BCUT2D eigenvalue weighted by Gasteiger charge is 2.53. The Hall–Kier alpha value is -1.99. The summed E-state index contributed by atoms with van der Waals surface area (Å²) in [5, 5.41) is 120. The van der Waals surface area contributed by atoms with Gasteiger partial charge in [0.25, 0.3) is 0 Å². The van der Waals surface area contributed by atoms with Gasteiger partial charge >= 0.3 is 0 Å². The van der Waals surface area contributed by atoms with E-state index < -0.39 is 124 Å². The van der Waals surface area contributed by atoms with Crippen molar-refractivity contribution in [2.24, 2.45) is 0 Å². The van der Waals surface area contributed by atoms with Crippen molar-refractivity contribution in [2.45, 2.75) is 324 Å². The summed E-state index contributed by atoms with van der Waals surface area (Å²) >= 11 is 0. The van der Waals surface area contributed by atoms with Crippen LogP contribution in [0.5, 0.6) is 0 Å². The van der Waals surface area contributed by atoms with Gasteiger partial charge in [-0.15, -0.1) is 0 Å². The summed E-state index contributed by atoms with van der Waals surface area (Å²) in [6.45, 7) is 1.63. The molecule has 3 aliphatic rings. The molecule has 0 spiro atoms. The second-order valence-corrected chi connectivity index (χ2v) is 22.9. The lowest BCUT2D eigenvalue weighted by Crippen LogP contribution is -2.66. The van der Waals surface area contributed by atoms with E-state index in [-0.39, 0.29) is 18.9 Å². The summed E-state index contributed by atoms with van der Waals surface area (Å²) in [6, 6.07) is -0.992. The molecular formula is C62H113NO18. The Morgan fingerprint density at radius 2 is 0.815 bits per heavy atom. The number of unbranched alkanes of at least 4 members (excludes halogenated alkanes) is 27. The minimum Gasteiger partial charge on any atom is -0.394 e. The average Bonchev–Trinajstić information content (AvgIpc) is 3.48. The zero-order valence-electron chi connectivity index (χ0n) is 49.5. The molecule has 474 valence electrons. The number of carbonyl (C=O) groups excluding carboxylic acids is 1. The van der Waals surface area contributed by atoms with Gasteiger partial charge in [0.1, 0.15) is 73.2 Å². The minimum atomic E-state index is -1.98. The molecule has 17 unspecified atom stereocenters. The molecule has 0 saturated carbocycles. The number of aliphatic hydroxyl groups is 11. The van der Waals surface area contributed by atoms with E-state index in [2.05, 4.69) is 43.5 Å². The first kappa shape index (κ1) is 73.3. The number of ether oxygens (including phenoxy) is 6. The number of allylic oxidation sites excluding steroid dienone is 5. The second kappa shape index (κ2) is 45.3. The Kier molecular flexibility index (Phi) is 41.0. The predicted molar refractivity (Wildman–Crippen MR) is 309 cm³/mol. The van der Waals surface area contributed by atoms with Gasteiger partial charge in [0, 0.05) is 6.42 Å². The Bertz CT molecular complexity index is 1620. The first-order valence-corrected chi connectivity index (χ1v) is 31.7. The predicted octanol–water partition coefficient (Wildman–Crippen LogP) is 6.49. The van der Waals surface area contributed by atoms with Crippen molar-refractivity contribution in [3.8, 4) is 0 Å². The van der Waals surface area contributed by atoms with Gasteiger partial charge in [-0.05, 0) is 51.4 Å². The van der Waals surface area contributed by atoms with Crippen LogP contribution in [0.15, 0.2) is 36.5 Å². The molecule has 3 rings (SSSR count). The summed E-state index contributed by atoms with van der Waals surface area (Å²) in [5.41, 5.74) is 0. The lowest BCUT2D eigenvalue weighted by Gasteiger charge is -2.48. The van der Waals surface area contributed by atoms with E-state index in [0.29, 0.717) is 12.8 Å². The molecule has 3 aliphatic heterocycles. The summed E-state index contributed by atoms with van der Waals surface area (Å²) < 4.78 is 34.2. The standard InChI is InChI=1S/C62H113NO18/c1-3-5-7-9-11-13-15-16-17-18-19-20-21-22-23-24-25-26-27-28-29-30-31-33-35-37-39-46(67)45(63-50(68)40-38-36-34-32-14-12-10-8-6-4-2)44-76-60-56(74)53(71)58(48(42-65)78-60)81-62-57(75)54(72)59(49(43-66)79-62)80-61-55(73)52(70)51(69)47(41-64)77-61/h8,10,30-31,37,39,45-49,51-62,64-67,69-75H,3-7,9,11-29,32-36,38,40-44H2,1-2H3,(H,63,68)/b10-8-,31-30+,39-37+. The molecule has 12 N–H and O–H groups in total. The van der Waals surface area contributed by atoms with Gasteiger partial charge in [-0.1, -0.05) is 198 Å². The molecule has 0 radical (unpaired) electrons. The van der Waals surface area contributed by atoms with Crippen LogP contribution in [0.4, 0.5) is 0 Å². The summed E-state index contributed by atoms with van der Waals surface area (Å²) in [7, 11) is 0. The molecule has 0 aliphatic carbocycles. The Labute approximate surface area is 485 Å². The van der Waals surface area contributed by atoms with Crippen LogP contribution in [0.3, 0.4) is 0 Å². The zero-order valence-corrected chi connectivity index (χ0v) is 49.5. The van der Waals surface area contributed by atoms with Crippen LogP contribution in [-0.2, 0) is 33.2 Å². The van der Waals surface area contributed by atoms with Crippen LogP contribution < -0.4 is 5.32 Å². The molecule has 17 atom stereocenters. The number of hydrogen-bond donors (Lipinski definition) is 12. The van der Waals surface area contributed by atoms with Gasteiger partial charge in [0.2, 0.25) is 5.91 Å². The fourth-order valence-corrected chi connectivity index (χ4v) is 10.7. The number of aliphatic hydroxyl groups excluding tert-OH is 11. The van der Waals surface area contributed by atoms with Crippen LogP contribution >= 0.6 is 0 Å². The van der Waals surface area contributed by atoms with Gasteiger partial charge < -0.3 is 89.9 Å². The molecule has 3 fully saturated rings. The highest BCUT2D eigenvalue weighted by molar-refractivity contribution is 5.76. The molecule has 0 aromatic heterocycles. The molecular weight excluding hydrogens is 1050 g/mol. The maximum absolute atomic E-state index is 13.3. The highest BCUT2D eigenvalue weighted by Crippen LogP contribution is 2.33. The first-order chi connectivity index (χ1) is 39.3. The SMILES string of the molecule is CCC/C=C\CCCCCCCC(=O)NC(COC1OC(CO)C(OC2OC(CO)C(OC3OC(CO)C(O)C(O)C3O)C(O)C2O)C(O)C1O)C(O)/C=C/CC/C=C/CCCCCCCCCCCCCCCCCCCCCC. The van der Waals surface area contributed by atoms with E-state index in [1.165, 1.54) is 122 Å². The molecule has 81 heavy (non-hydrogen) atoms. The monoisotopic (exact) mass is 1160 g/mol. The van der Waals surface area contributed by atoms with Gasteiger partial charge in [-0.2, -0.15) is 0 Å². The van der Waals surface area contributed by atoms with Crippen molar-refractivity contribution in [1.29, 1.82) is 0 Å². The van der Waals surface area contributed by atoms with E-state index >= 15 is 0 Å². The Balaban J connectivity index is 1.44. The number of rotatable bonds is 47. The van der Waals surface area contributed by atoms with E-state index in [0.717, 1.165) is 64.2 Å². The largest absolute Gasteiger partial charge is 0.394 e. The van der Waals surface area contributed by atoms with E-state index in [1.807, 2.05) is 6.08 Å². The molecule has 0 aromatic carbocycles. The average molecular weight is 1160 g/mol. The first-order valence-electron chi connectivity index (χ1n) is 31.7. The molecule has 0 aromatic rings. The van der Waals surface area contributed by atoms with Gasteiger partial charge in [-0.25, -0.2) is 0 Å². The lowest BCUT2D eigenvalue weighted by atomic mass is 9.96. The molecule has 3 saturated heterocycles. The van der Waals surface area contributed by atoms with Crippen LogP contribution in [0.25, 0.3) is 0 Å². The third kappa shape index (κ3) is 28.8. The van der Waals surface area contributed by atoms with Crippen LogP contribution in [0.2, 0.25) is 0 Å². The molecule has 3 heterocycles. The van der Waals surface area contributed by atoms with Crippen molar-refractivity contribution in [2.75, 3.05) is 26.4 Å². The minimum absolute atomic E-state index is 0.224. The van der Waals surface area contributed by atoms with E-state index in [9.17, 15) is 61.0 Å². The normalized spacial score (nSPS) is 30.0. The summed E-state index contributed by atoms with van der Waals surface area (Å²) in [5.74, 6) is -0.298. The quantitative estimate of drug-likeness (QED) is 0.0229. The van der Waals surface area contributed by atoms with Crippen molar-refractivity contribution >= 4 is 5.91 Å². The fraction of sp³-hybridized carbons (Fsp3) is 0.887. The maximum atomic E-state index is 13.3. The number of hydrogen-bond acceptors (Lipinski definition) is 18. The third-order valence-corrected chi connectivity index (χ3v) is 15.9. The molecule has 19 heteroatoms. The van der Waals surface area contributed by atoms with Crippen molar-refractivity contribution in [3.63, 3.8) is 0 Å². The van der Waals surface area contributed by atoms with Crippen LogP contribution in [0, 0.1) is 0 Å². The Morgan fingerprint density at radius 1 is 0.432 bits per heavy atom. The second-order valence-electron chi connectivity index (χ2n) is 22.9. The number of amides is 1. The van der Waals surface area contributed by atoms with Crippen molar-refractivity contribution in [1.82, 2.24) is 5.32 Å². The van der Waals surface area contributed by atoms with Gasteiger partial charge in [-0.3, -0.25) is 4.79 Å². The van der Waals surface area contributed by atoms with E-state index in [4.69, 9.17) is 28.4 Å². The van der Waals surface area contributed by atoms with Crippen molar-refractivity contribution < 1.29 is 89.4 Å². The van der Waals surface area contributed by atoms with Crippen LogP contribution in [-0.4, -0.2) is 193 Å².